The summed E-state index contributed by atoms with van der Waals surface area (Å²) in [5.41, 5.74) is 1.91. The lowest BCUT2D eigenvalue weighted by atomic mass is 10.1. The average Bonchev–Trinajstić information content (AvgIpc) is 2.35. The molecule has 0 aromatic heterocycles. The molecule has 2 heteroatoms. The highest BCUT2D eigenvalue weighted by atomic mass is 16.3. The van der Waals surface area contributed by atoms with Crippen molar-refractivity contribution in [2.75, 3.05) is 0 Å². The molecule has 2 rings (SSSR count). The van der Waals surface area contributed by atoms with Gasteiger partial charge in [0.05, 0.1) is 0 Å². The summed E-state index contributed by atoms with van der Waals surface area (Å²) in [5, 5.41) is 9.26. The maximum absolute atomic E-state index is 11.0. The fraction of sp³-hybridized carbons (Fsp3) is 0. The smallest absolute Gasteiger partial charge is 0.220 e. The Morgan fingerprint density at radius 3 is 2.53 bits per heavy atom. The molecule has 1 aliphatic carbocycles. The first-order chi connectivity index (χ1) is 8.25. The highest BCUT2D eigenvalue weighted by molar-refractivity contribution is 6.04. The number of rotatable bonds is 2. The van der Waals surface area contributed by atoms with E-state index >= 15 is 0 Å². The summed E-state index contributed by atoms with van der Waals surface area (Å²) in [6.45, 7) is 0. The number of carbonyl (C=O) groups excluding carboxylic acids is 1. The van der Waals surface area contributed by atoms with E-state index in [1.165, 1.54) is 12.2 Å². The second-order valence-corrected chi connectivity index (χ2v) is 3.66. The largest absolute Gasteiger partial charge is 0.504 e. The quantitative estimate of drug-likeness (QED) is 0.837. The van der Waals surface area contributed by atoms with Crippen molar-refractivity contribution in [2.45, 2.75) is 0 Å². The molecule has 0 spiro atoms. The minimum Gasteiger partial charge on any atom is -0.504 e. The van der Waals surface area contributed by atoms with Crippen LogP contribution in [0, 0.1) is 0 Å². The molecule has 0 aliphatic heterocycles. The zero-order chi connectivity index (χ0) is 12.1. The Bertz CT molecular complexity index is 531. The zero-order valence-corrected chi connectivity index (χ0v) is 9.21. The molecule has 1 N–H and O–H groups in total. The molecule has 84 valence electrons. The standard InChI is InChI=1S/C15H12O2/c16-14-10-9-13(11-15(14)17)8-4-7-12-5-2-1-3-6-12/h1-11,17H. The number of benzene rings is 1. The van der Waals surface area contributed by atoms with Crippen molar-refractivity contribution in [3.8, 4) is 0 Å². The Morgan fingerprint density at radius 2 is 1.82 bits per heavy atom. The average molecular weight is 224 g/mol. The van der Waals surface area contributed by atoms with Gasteiger partial charge in [0.2, 0.25) is 5.78 Å². The predicted molar refractivity (Wildman–Crippen MR) is 68.4 cm³/mol. The van der Waals surface area contributed by atoms with E-state index in [1.807, 2.05) is 48.6 Å². The van der Waals surface area contributed by atoms with Gasteiger partial charge < -0.3 is 5.11 Å². The van der Waals surface area contributed by atoms with Crippen LogP contribution in [0.25, 0.3) is 6.08 Å². The predicted octanol–water partition coefficient (Wildman–Crippen LogP) is 3.21. The molecular weight excluding hydrogens is 212 g/mol. The summed E-state index contributed by atoms with van der Waals surface area (Å²) in [7, 11) is 0. The van der Waals surface area contributed by atoms with Crippen molar-refractivity contribution in [3.05, 3.63) is 77.6 Å². The van der Waals surface area contributed by atoms with Gasteiger partial charge in [-0.2, -0.15) is 0 Å². The van der Waals surface area contributed by atoms with E-state index in [1.54, 1.807) is 6.08 Å². The van der Waals surface area contributed by atoms with Crippen LogP contribution in [0.3, 0.4) is 0 Å². The van der Waals surface area contributed by atoms with Gasteiger partial charge in [-0.3, -0.25) is 4.79 Å². The molecule has 0 unspecified atom stereocenters. The van der Waals surface area contributed by atoms with Crippen LogP contribution < -0.4 is 0 Å². The molecule has 0 radical (unpaired) electrons. The second kappa shape index (κ2) is 5.12. The van der Waals surface area contributed by atoms with Crippen LogP contribution in [0.5, 0.6) is 0 Å². The highest BCUT2D eigenvalue weighted by Crippen LogP contribution is 2.11. The minimum absolute atomic E-state index is 0.216. The van der Waals surface area contributed by atoms with Crippen LogP contribution in [0.15, 0.2) is 72.0 Å². The number of allylic oxidation sites excluding steroid dienone is 6. The fourth-order valence-electron chi connectivity index (χ4n) is 1.47. The Hall–Kier alpha value is -2.35. The van der Waals surface area contributed by atoms with Crippen LogP contribution in [-0.4, -0.2) is 10.9 Å². The summed E-state index contributed by atoms with van der Waals surface area (Å²) in [5.74, 6) is -0.568. The molecule has 1 aliphatic rings. The van der Waals surface area contributed by atoms with Gasteiger partial charge in [-0.1, -0.05) is 54.6 Å². The minimum atomic E-state index is -0.353. The molecule has 0 fully saturated rings. The summed E-state index contributed by atoms with van der Waals surface area (Å²) in [4.78, 5) is 11.0. The van der Waals surface area contributed by atoms with E-state index in [-0.39, 0.29) is 11.5 Å². The van der Waals surface area contributed by atoms with E-state index in [0.717, 1.165) is 11.1 Å². The van der Waals surface area contributed by atoms with Gasteiger partial charge in [0, 0.05) is 0 Å². The third-order valence-corrected chi connectivity index (χ3v) is 2.36. The van der Waals surface area contributed by atoms with Crippen LogP contribution >= 0.6 is 0 Å². The van der Waals surface area contributed by atoms with Crippen molar-refractivity contribution in [1.29, 1.82) is 0 Å². The van der Waals surface area contributed by atoms with Gasteiger partial charge in [0.15, 0.2) is 5.76 Å². The molecule has 1 aromatic carbocycles. The fourth-order valence-corrected chi connectivity index (χ4v) is 1.47. The van der Waals surface area contributed by atoms with E-state index in [2.05, 4.69) is 0 Å². The van der Waals surface area contributed by atoms with Gasteiger partial charge in [0.25, 0.3) is 0 Å². The molecule has 0 atom stereocenters. The summed E-state index contributed by atoms with van der Waals surface area (Å²) in [6.07, 6.45) is 10.2. The number of carbonyl (C=O) groups is 1. The SMILES string of the molecule is O=C1C=CC(=CC=Cc2ccccc2)C=C1O. The van der Waals surface area contributed by atoms with Crippen LogP contribution in [0.2, 0.25) is 0 Å². The Morgan fingerprint density at radius 1 is 1.06 bits per heavy atom. The van der Waals surface area contributed by atoms with Gasteiger partial charge in [0.1, 0.15) is 0 Å². The molecule has 0 saturated carbocycles. The number of ketones is 1. The molecule has 2 nitrogen and oxygen atoms in total. The van der Waals surface area contributed by atoms with Gasteiger partial charge in [-0.25, -0.2) is 0 Å². The molecule has 0 amide bonds. The van der Waals surface area contributed by atoms with E-state index in [4.69, 9.17) is 0 Å². The lowest BCUT2D eigenvalue weighted by molar-refractivity contribution is -0.113. The van der Waals surface area contributed by atoms with E-state index in [0.29, 0.717) is 0 Å². The number of aliphatic hydroxyl groups excluding tert-OH is 1. The Kier molecular flexibility index (Phi) is 3.36. The normalized spacial score (nSPS) is 17.8. The molecule has 1 aromatic rings. The first kappa shape index (κ1) is 11.1. The number of aliphatic hydroxyl groups is 1. The van der Waals surface area contributed by atoms with Crippen molar-refractivity contribution in [3.63, 3.8) is 0 Å². The van der Waals surface area contributed by atoms with Crippen molar-refractivity contribution < 1.29 is 9.90 Å². The van der Waals surface area contributed by atoms with Gasteiger partial charge in [-0.15, -0.1) is 0 Å². The number of hydrogen-bond donors (Lipinski definition) is 1. The topological polar surface area (TPSA) is 37.3 Å². The first-order valence-corrected chi connectivity index (χ1v) is 5.32. The first-order valence-electron chi connectivity index (χ1n) is 5.32. The van der Waals surface area contributed by atoms with E-state index in [9.17, 15) is 9.90 Å². The van der Waals surface area contributed by atoms with E-state index < -0.39 is 0 Å². The monoisotopic (exact) mass is 224 g/mol. The van der Waals surface area contributed by atoms with Gasteiger partial charge >= 0.3 is 0 Å². The third-order valence-electron chi connectivity index (χ3n) is 2.36. The van der Waals surface area contributed by atoms with Crippen LogP contribution in [0.4, 0.5) is 0 Å². The van der Waals surface area contributed by atoms with Gasteiger partial charge in [-0.05, 0) is 23.3 Å². The molecular formula is C15H12O2. The van der Waals surface area contributed by atoms with Crippen LogP contribution in [-0.2, 0) is 4.79 Å². The lowest BCUT2D eigenvalue weighted by Gasteiger charge is -2.01. The van der Waals surface area contributed by atoms with Crippen molar-refractivity contribution in [1.82, 2.24) is 0 Å². The molecule has 0 bridgehead atoms. The molecule has 0 heterocycles. The third kappa shape index (κ3) is 3.05. The maximum atomic E-state index is 11.0. The highest BCUT2D eigenvalue weighted by Gasteiger charge is 2.07. The lowest BCUT2D eigenvalue weighted by Crippen LogP contribution is -2.01. The second-order valence-electron chi connectivity index (χ2n) is 3.66. The molecule has 17 heavy (non-hydrogen) atoms. The molecule has 0 saturated heterocycles. The van der Waals surface area contributed by atoms with Crippen molar-refractivity contribution in [2.24, 2.45) is 0 Å². The maximum Gasteiger partial charge on any atom is 0.220 e. The Balaban J connectivity index is 2.10. The summed E-state index contributed by atoms with van der Waals surface area (Å²) in [6, 6.07) is 9.91. The van der Waals surface area contributed by atoms with Crippen LogP contribution in [0.1, 0.15) is 5.56 Å². The Labute approximate surface area is 99.9 Å². The summed E-state index contributed by atoms with van der Waals surface area (Å²) >= 11 is 0. The summed E-state index contributed by atoms with van der Waals surface area (Å²) < 4.78 is 0. The number of hydrogen-bond acceptors (Lipinski definition) is 2. The van der Waals surface area contributed by atoms with Crippen molar-refractivity contribution >= 4 is 11.9 Å². The zero-order valence-electron chi connectivity index (χ0n) is 9.21.